The molecular formula is C16H16O3. The van der Waals surface area contributed by atoms with Crippen LogP contribution in [0.4, 0.5) is 0 Å². The van der Waals surface area contributed by atoms with E-state index in [1.165, 1.54) is 0 Å². The highest BCUT2D eigenvalue weighted by atomic mass is 16.5. The molecule has 98 valence electrons. The monoisotopic (exact) mass is 256 g/mol. The summed E-state index contributed by atoms with van der Waals surface area (Å²) < 4.78 is 10.4. The molecule has 0 saturated heterocycles. The van der Waals surface area contributed by atoms with E-state index in [1.54, 1.807) is 38.5 Å². The van der Waals surface area contributed by atoms with Gasteiger partial charge >= 0.3 is 0 Å². The molecular weight excluding hydrogens is 240 g/mol. The number of methoxy groups -OCH3 is 2. The van der Waals surface area contributed by atoms with Gasteiger partial charge in [0.2, 0.25) is 0 Å². The summed E-state index contributed by atoms with van der Waals surface area (Å²) in [6, 6.07) is 5.29. The average Bonchev–Trinajstić information content (AvgIpc) is 2.97. The Morgan fingerprint density at radius 2 is 1.74 bits per heavy atom. The SMILES string of the molecule is COc1ccc(/C(O)=C/C=C2C=CC=C2)cc1OC. The lowest BCUT2D eigenvalue weighted by Gasteiger charge is -2.08. The molecule has 3 nitrogen and oxygen atoms in total. The van der Waals surface area contributed by atoms with Gasteiger partial charge in [-0.3, -0.25) is 0 Å². The molecule has 1 aromatic rings. The van der Waals surface area contributed by atoms with Crippen LogP contribution in [-0.2, 0) is 0 Å². The minimum Gasteiger partial charge on any atom is -0.507 e. The van der Waals surface area contributed by atoms with Gasteiger partial charge in [0.05, 0.1) is 14.2 Å². The quantitative estimate of drug-likeness (QED) is 0.836. The molecule has 0 aliphatic heterocycles. The summed E-state index contributed by atoms with van der Waals surface area (Å²) in [7, 11) is 3.15. The number of hydrogen-bond donors (Lipinski definition) is 1. The van der Waals surface area contributed by atoms with Crippen molar-refractivity contribution in [2.45, 2.75) is 0 Å². The second-order valence-corrected chi connectivity index (χ2v) is 4.01. The molecule has 1 aliphatic carbocycles. The Balaban J connectivity index is 2.26. The molecule has 0 atom stereocenters. The summed E-state index contributed by atoms with van der Waals surface area (Å²) in [6.07, 6.45) is 11.4. The summed E-state index contributed by atoms with van der Waals surface area (Å²) >= 11 is 0. The Morgan fingerprint density at radius 1 is 1.05 bits per heavy atom. The molecule has 0 radical (unpaired) electrons. The van der Waals surface area contributed by atoms with Crippen molar-refractivity contribution in [1.82, 2.24) is 0 Å². The number of benzene rings is 1. The van der Waals surface area contributed by atoms with E-state index >= 15 is 0 Å². The zero-order valence-electron chi connectivity index (χ0n) is 11.0. The fraction of sp³-hybridized carbons (Fsp3) is 0.125. The Morgan fingerprint density at radius 3 is 2.37 bits per heavy atom. The maximum atomic E-state index is 10.0. The number of hydrogen-bond acceptors (Lipinski definition) is 3. The van der Waals surface area contributed by atoms with Crippen LogP contribution in [-0.4, -0.2) is 19.3 Å². The third-order valence-electron chi connectivity index (χ3n) is 2.80. The summed E-state index contributed by atoms with van der Waals surface area (Å²) in [5.74, 6) is 1.41. The fourth-order valence-corrected chi connectivity index (χ4v) is 1.77. The van der Waals surface area contributed by atoms with Gasteiger partial charge in [0, 0.05) is 5.56 Å². The van der Waals surface area contributed by atoms with Crippen molar-refractivity contribution in [3.8, 4) is 11.5 Å². The second kappa shape index (κ2) is 5.96. The summed E-state index contributed by atoms with van der Waals surface area (Å²) in [5.41, 5.74) is 1.73. The molecule has 0 fully saturated rings. The number of aliphatic hydroxyl groups excluding tert-OH is 1. The number of aliphatic hydroxyl groups is 1. The summed E-state index contributed by atoms with van der Waals surface area (Å²) in [4.78, 5) is 0. The molecule has 2 rings (SSSR count). The molecule has 0 aromatic heterocycles. The molecule has 0 spiro atoms. The third kappa shape index (κ3) is 3.07. The standard InChI is InChI=1S/C16H16O3/c1-18-15-10-8-13(11-16(15)19-2)14(17)9-7-12-5-3-4-6-12/h3-11,17H,1-2H3/b14-9-. The van der Waals surface area contributed by atoms with Crippen molar-refractivity contribution < 1.29 is 14.6 Å². The Kier molecular flexibility index (Phi) is 4.08. The van der Waals surface area contributed by atoms with Crippen LogP contribution < -0.4 is 9.47 Å². The molecule has 3 heteroatoms. The van der Waals surface area contributed by atoms with Gasteiger partial charge in [-0.25, -0.2) is 0 Å². The lowest BCUT2D eigenvalue weighted by atomic mass is 10.1. The Labute approximate surface area is 112 Å². The molecule has 0 bridgehead atoms. The molecule has 1 N–H and O–H groups in total. The minimum absolute atomic E-state index is 0.183. The van der Waals surface area contributed by atoms with Crippen molar-refractivity contribution in [1.29, 1.82) is 0 Å². The number of allylic oxidation sites excluding steroid dienone is 7. The highest BCUT2D eigenvalue weighted by molar-refractivity contribution is 5.64. The summed E-state index contributed by atoms with van der Waals surface area (Å²) in [5, 5.41) is 10.0. The van der Waals surface area contributed by atoms with E-state index < -0.39 is 0 Å². The molecule has 0 unspecified atom stereocenters. The van der Waals surface area contributed by atoms with Crippen molar-refractivity contribution in [3.05, 3.63) is 65.8 Å². The second-order valence-electron chi connectivity index (χ2n) is 4.01. The van der Waals surface area contributed by atoms with Crippen LogP contribution in [0.25, 0.3) is 5.76 Å². The molecule has 1 aliphatic rings. The van der Waals surface area contributed by atoms with Gasteiger partial charge in [0.15, 0.2) is 11.5 Å². The first-order valence-electron chi connectivity index (χ1n) is 5.92. The van der Waals surface area contributed by atoms with E-state index in [4.69, 9.17) is 9.47 Å². The van der Waals surface area contributed by atoms with E-state index in [1.807, 2.05) is 30.4 Å². The van der Waals surface area contributed by atoms with Crippen LogP contribution in [0.2, 0.25) is 0 Å². The van der Waals surface area contributed by atoms with Gasteiger partial charge < -0.3 is 14.6 Å². The molecule has 1 aromatic carbocycles. The van der Waals surface area contributed by atoms with Crippen LogP contribution in [0.15, 0.2) is 60.2 Å². The lowest BCUT2D eigenvalue weighted by molar-refractivity contribution is 0.354. The molecule has 19 heavy (non-hydrogen) atoms. The largest absolute Gasteiger partial charge is 0.507 e. The maximum Gasteiger partial charge on any atom is 0.161 e. The number of rotatable bonds is 4. The Hall–Kier alpha value is -2.42. The lowest BCUT2D eigenvalue weighted by Crippen LogP contribution is -1.92. The normalized spacial score (nSPS) is 13.8. The predicted octanol–water partition coefficient (Wildman–Crippen LogP) is 3.66. The highest BCUT2D eigenvalue weighted by Gasteiger charge is 2.06. The number of ether oxygens (including phenoxy) is 2. The predicted molar refractivity (Wildman–Crippen MR) is 76.5 cm³/mol. The third-order valence-corrected chi connectivity index (χ3v) is 2.80. The van der Waals surface area contributed by atoms with Crippen molar-refractivity contribution in [2.24, 2.45) is 0 Å². The van der Waals surface area contributed by atoms with Crippen molar-refractivity contribution in [2.75, 3.05) is 14.2 Å². The fourth-order valence-electron chi connectivity index (χ4n) is 1.77. The van der Waals surface area contributed by atoms with Crippen LogP contribution >= 0.6 is 0 Å². The van der Waals surface area contributed by atoms with Gasteiger partial charge in [0.1, 0.15) is 5.76 Å². The van der Waals surface area contributed by atoms with Crippen LogP contribution in [0.1, 0.15) is 5.56 Å². The van der Waals surface area contributed by atoms with Crippen molar-refractivity contribution >= 4 is 5.76 Å². The van der Waals surface area contributed by atoms with Gasteiger partial charge in [-0.05, 0) is 29.8 Å². The molecule has 0 amide bonds. The smallest absolute Gasteiger partial charge is 0.161 e. The molecule has 0 heterocycles. The van der Waals surface area contributed by atoms with E-state index in [-0.39, 0.29) is 5.76 Å². The van der Waals surface area contributed by atoms with Gasteiger partial charge in [-0.1, -0.05) is 30.4 Å². The molecule has 0 saturated carbocycles. The van der Waals surface area contributed by atoms with E-state index in [0.29, 0.717) is 17.1 Å². The minimum atomic E-state index is 0.183. The van der Waals surface area contributed by atoms with Crippen molar-refractivity contribution in [3.63, 3.8) is 0 Å². The van der Waals surface area contributed by atoms with Gasteiger partial charge in [-0.15, -0.1) is 0 Å². The first-order chi connectivity index (χ1) is 9.24. The topological polar surface area (TPSA) is 38.7 Å². The van der Waals surface area contributed by atoms with E-state index in [2.05, 4.69) is 0 Å². The summed E-state index contributed by atoms with van der Waals surface area (Å²) in [6.45, 7) is 0. The van der Waals surface area contributed by atoms with E-state index in [9.17, 15) is 5.11 Å². The zero-order valence-corrected chi connectivity index (χ0v) is 11.0. The maximum absolute atomic E-state index is 10.0. The zero-order chi connectivity index (χ0) is 13.7. The van der Waals surface area contributed by atoms with Gasteiger partial charge in [0.25, 0.3) is 0 Å². The Bertz CT molecular complexity index is 564. The van der Waals surface area contributed by atoms with Gasteiger partial charge in [-0.2, -0.15) is 0 Å². The highest BCUT2D eigenvalue weighted by Crippen LogP contribution is 2.29. The average molecular weight is 256 g/mol. The van der Waals surface area contributed by atoms with Crippen LogP contribution in [0, 0.1) is 0 Å². The first kappa shape index (κ1) is 13.0. The van der Waals surface area contributed by atoms with E-state index in [0.717, 1.165) is 5.57 Å². The first-order valence-corrected chi connectivity index (χ1v) is 5.92. The van der Waals surface area contributed by atoms with Crippen LogP contribution in [0.3, 0.4) is 0 Å². The van der Waals surface area contributed by atoms with Crippen LogP contribution in [0.5, 0.6) is 11.5 Å².